The Bertz CT molecular complexity index is 486. The van der Waals surface area contributed by atoms with Crippen LogP contribution in [0.1, 0.15) is 12.0 Å². The number of hydrogen-bond donors (Lipinski definition) is 2. The zero-order chi connectivity index (χ0) is 15.8. The minimum absolute atomic E-state index is 0.149. The van der Waals surface area contributed by atoms with Crippen LogP contribution in [-0.4, -0.2) is 50.8 Å². The number of esters is 1. The van der Waals surface area contributed by atoms with Gasteiger partial charge in [0.2, 0.25) is 5.91 Å². The van der Waals surface area contributed by atoms with Crippen LogP contribution in [0.3, 0.4) is 0 Å². The molecule has 6 heteroatoms. The van der Waals surface area contributed by atoms with E-state index in [2.05, 4.69) is 10.6 Å². The second-order valence-corrected chi connectivity index (χ2v) is 5.23. The molecular weight excluding hydrogens is 284 g/mol. The zero-order valence-corrected chi connectivity index (χ0v) is 12.7. The lowest BCUT2D eigenvalue weighted by molar-refractivity contribution is -0.145. The highest BCUT2D eigenvalue weighted by Gasteiger charge is 2.24. The average molecular weight is 306 g/mol. The van der Waals surface area contributed by atoms with Crippen molar-refractivity contribution in [1.82, 2.24) is 10.6 Å². The number of ether oxygens (including phenoxy) is 2. The predicted molar refractivity (Wildman–Crippen MR) is 81.3 cm³/mol. The molecule has 0 aliphatic carbocycles. The summed E-state index contributed by atoms with van der Waals surface area (Å²) in [6.45, 7) is 2.05. The highest BCUT2D eigenvalue weighted by atomic mass is 16.5. The number of methoxy groups -OCH3 is 1. The minimum Gasteiger partial charge on any atom is -0.467 e. The van der Waals surface area contributed by atoms with E-state index in [4.69, 9.17) is 9.47 Å². The lowest BCUT2D eigenvalue weighted by atomic mass is 10.1. The van der Waals surface area contributed by atoms with Gasteiger partial charge in [0.15, 0.2) is 0 Å². The molecule has 1 saturated heterocycles. The van der Waals surface area contributed by atoms with E-state index in [9.17, 15) is 9.59 Å². The fourth-order valence-corrected chi connectivity index (χ4v) is 2.40. The largest absolute Gasteiger partial charge is 0.467 e. The Balaban J connectivity index is 1.91. The van der Waals surface area contributed by atoms with Crippen LogP contribution in [0.25, 0.3) is 0 Å². The molecular formula is C16H22N2O4. The van der Waals surface area contributed by atoms with E-state index in [-0.39, 0.29) is 18.4 Å². The van der Waals surface area contributed by atoms with Crippen molar-refractivity contribution >= 4 is 11.9 Å². The Morgan fingerprint density at radius 1 is 1.41 bits per heavy atom. The Morgan fingerprint density at radius 2 is 2.18 bits per heavy atom. The van der Waals surface area contributed by atoms with E-state index in [1.807, 2.05) is 30.3 Å². The molecule has 0 bridgehead atoms. The number of morpholine rings is 1. The SMILES string of the molecule is COC(=O)C(Cc1ccccc1)NC(=O)CC1CNCCO1. The van der Waals surface area contributed by atoms with E-state index >= 15 is 0 Å². The quantitative estimate of drug-likeness (QED) is 0.738. The van der Waals surface area contributed by atoms with E-state index in [0.29, 0.717) is 19.6 Å². The Labute approximate surface area is 130 Å². The van der Waals surface area contributed by atoms with Gasteiger partial charge in [-0.25, -0.2) is 4.79 Å². The summed E-state index contributed by atoms with van der Waals surface area (Å²) in [6, 6.07) is 8.84. The molecule has 1 fully saturated rings. The third kappa shape index (κ3) is 5.13. The Morgan fingerprint density at radius 3 is 2.82 bits per heavy atom. The van der Waals surface area contributed by atoms with Gasteiger partial charge in [0.05, 0.1) is 26.2 Å². The maximum Gasteiger partial charge on any atom is 0.328 e. The van der Waals surface area contributed by atoms with E-state index in [0.717, 1.165) is 12.1 Å². The minimum atomic E-state index is -0.684. The maximum absolute atomic E-state index is 12.1. The molecule has 22 heavy (non-hydrogen) atoms. The number of benzene rings is 1. The zero-order valence-electron chi connectivity index (χ0n) is 12.7. The summed E-state index contributed by atoms with van der Waals surface area (Å²) in [7, 11) is 1.32. The maximum atomic E-state index is 12.1. The van der Waals surface area contributed by atoms with Gasteiger partial charge < -0.3 is 20.1 Å². The first-order valence-electron chi connectivity index (χ1n) is 7.42. The number of amides is 1. The average Bonchev–Trinajstić information content (AvgIpc) is 2.55. The molecule has 1 amide bonds. The summed E-state index contributed by atoms with van der Waals surface area (Å²) in [5.74, 6) is -0.653. The topological polar surface area (TPSA) is 76.7 Å². The number of hydrogen-bond acceptors (Lipinski definition) is 5. The van der Waals surface area contributed by atoms with Gasteiger partial charge in [-0.05, 0) is 5.56 Å². The lowest BCUT2D eigenvalue weighted by Gasteiger charge is -2.24. The van der Waals surface area contributed by atoms with Crippen LogP contribution in [-0.2, 0) is 25.5 Å². The number of nitrogens with one attached hydrogen (secondary N) is 2. The van der Waals surface area contributed by atoms with Gasteiger partial charge >= 0.3 is 5.97 Å². The van der Waals surface area contributed by atoms with Crippen molar-refractivity contribution in [3.8, 4) is 0 Å². The smallest absolute Gasteiger partial charge is 0.328 e. The molecule has 0 radical (unpaired) electrons. The van der Waals surface area contributed by atoms with Gasteiger partial charge in [-0.2, -0.15) is 0 Å². The summed E-state index contributed by atoms with van der Waals surface area (Å²) in [4.78, 5) is 24.0. The van der Waals surface area contributed by atoms with Gasteiger partial charge in [0, 0.05) is 19.5 Å². The van der Waals surface area contributed by atoms with Crippen molar-refractivity contribution in [1.29, 1.82) is 0 Å². The van der Waals surface area contributed by atoms with Crippen LogP contribution in [0.4, 0.5) is 0 Å². The molecule has 1 aromatic carbocycles. The molecule has 1 heterocycles. The van der Waals surface area contributed by atoms with Crippen LogP contribution >= 0.6 is 0 Å². The molecule has 2 atom stereocenters. The molecule has 2 unspecified atom stereocenters. The van der Waals surface area contributed by atoms with Crippen LogP contribution < -0.4 is 10.6 Å². The summed E-state index contributed by atoms with van der Waals surface area (Å²) < 4.78 is 10.3. The van der Waals surface area contributed by atoms with Crippen LogP contribution in [0.2, 0.25) is 0 Å². The highest BCUT2D eigenvalue weighted by Crippen LogP contribution is 2.06. The monoisotopic (exact) mass is 306 g/mol. The number of carbonyl (C=O) groups is 2. The fraction of sp³-hybridized carbons (Fsp3) is 0.500. The van der Waals surface area contributed by atoms with Crippen molar-refractivity contribution < 1.29 is 19.1 Å². The highest BCUT2D eigenvalue weighted by molar-refractivity contribution is 5.84. The second kappa shape index (κ2) is 8.51. The molecule has 2 N–H and O–H groups in total. The van der Waals surface area contributed by atoms with Gasteiger partial charge in [0.25, 0.3) is 0 Å². The first kappa shape index (κ1) is 16.5. The molecule has 1 aliphatic rings. The standard InChI is InChI=1S/C16H22N2O4/c1-21-16(20)14(9-12-5-3-2-4-6-12)18-15(19)10-13-11-17-7-8-22-13/h2-6,13-14,17H,7-11H2,1H3,(H,18,19). The van der Waals surface area contributed by atoms with E-state index < -0.39 is 12.0 Å². The molecule has 120 valence electrons. The first-order chi connectivity index (χ1) is 10.7. The Kier molecular flexibility index (Phi) is 6.36. The molecule has 1 aliphatic heterocycles. The summed E-state index contributed by atoms with van der Waals surface area (Å²) in [5.41, 5.74) is 0.966. The van der Waals surface area contributed by atoms with Gasteiger partial charge in [-0.1, -0.05) is 30.3 Å². The molecule has 2 rings (SSSR count). The third-order valence-electron chi connectivity index (χ3n) is 3.52. The van der Waals surface area contributed by atoms with Gasteiger partial charge in [-0.15, -0.1) is 0 Å². The third-order valence-corrected chi connectivity index (χ3v) is 3.52. The molecule has 0 aromatic heterocycles. The van der Waals surface area contributed by atoms with Crippen molar-refractivity contribution in [3.63, 3.8) is 0 Å². The molecule has 6 nitrogen and oxygen atoms in total. The van der Waals surface area contributed by atoms with Gasteiger partial charge in [0.1, 0.15) is 6.04 Å². The fourth-order valence-electron chi connectivity index (χ4n) is 2.40. The Hall–Kier alpha value is -1.92. The predicted octanol–water partition coefficient (Wildman–Crippen LogP) is 0.265. The van der Waals surface area contributed by atoms with Gasteiger partial charge in [-0.3, -0.25) is 4.79 Å². The lowest BCUT2D eigenvalue weighted by Crippen LogP contribution is -2.46. The molecule has 0 spiro atoms. The molecule has 0 saturated carbocycles. The van der Waals surface area contributed by atoms with Crippen molar-refractivity contribution in [2.24, 2.45) is 0 Å². The van der Waals surface area contributed by atoms with Crippen molar-refractivity contribution in [2.45, 2.75) is 25.0 Å². The van der Waals surface area contributed by atoms with Crippen LogP contribution in [0.15, 0.2) is 30.3 Å². The van der Waals surface area contributed by atoms with Crippen molar-refractivity contribution in [3.05, 3.63) is 35.9 Å². The van der Waals surface area contributed by atoms with Crippen molar-refractivity contribution in [2.75, 3.05) is 26.8 Å². The summed E-state index contributed by atoms with van der Waals surface area (Å²) >= 11 is 0. The first-order valence-corrected chi connectivity index (χ1v) is 7.42. The summed E-state index contributed by atoms with van der Waals surface area (Å²) in [6.07, 6.45) is 0.488. The summed E-state index contributed by atoms with van der Waals surface area (Å²) in [5, 5.41) is 5.91. The van der Waals surface area contributed by atoms with Crippen LogP contribution in [0.5, 0.6) is 0 Å². The molecule has 1 aromatic rings. The second-order valence-electron chi connectivity index (χ2n) is 5.23. The van der Waals surface area contributed by atoms with E-state index in [1.165, 1.54) is 7.11 Å². The van der Waals surface area contributed by atoms with Crippen LogP contribution in [0, 0.1) is 0 Å². The van der Waals surface area contributed by atoms with E-state index in [1.54, 1.807) is 0 Å². The normalized spacial score (nSPS) is 19.2. The number of rotatable bonds is 6. The number of carbonyl (C=O) groups excluding carboxylic acids is 2.